The molecule has 6 heteroatoms. The van der Waals surface area contributed by atoms with Crippen molar-refractivity contribution in [3.63, 3.8) is 0 Å². The topological polar surface area (TPSA) is 73.1 Å². The third-order valence-corrected chi connectivity index (χ3v) is 3.07. The van der Waals surface area contributed by atoms with Crippen LogP contribution >= 0.6 is 0 Å². The minimum absolute atomic E-state index is 0.344. The summed E-state index contributed by atoms with van der Waals surface area (Å²) in [5.41, 5.74) is 3.49. The van der Waals surface area contributed by atoms with E-state index in [9.17, 15) is 4.79 Å². The summed E-state index contributed by atoms with van der Waals surface area (Å²) < 4.78 is 15.7. The van der Waals surface area contributed by atoms with E-state index < -0.39 is 0 Å². The van der Waals surface area contributed by atoms with Gasteiger partial charge in [-0.1, -0.05) is 0 Å². The van der Waals surface area contributed by atoms with Gasteiger partial charge in [0.2, 0.25) is 0 Å². The summed E-state index contributed by atoms with van der Waals surface area (Å²) in [6.45, 7) is 3.60. The number of carbonyl (C=O) groups excluding carboxylic acids is 1. The molecule has 1 N–H and O–H groups in total. The van der Waals surface area contributed by atoms with Gasteiger partial charge in [-0.3, -0.25) is 4.79 Å². The van der Waals surface area contributed by atoms with Crippen LogP contribution in [0.25, 0.3) is 0 Å². The number of rotatable bonds is 5. The third kappa shape index (κ3) is 3.46. The van der Waals surface area contributed by atoms with Crippen molar-refractivity contribution >= 4 is 11.6 Å². The highest BCUT2D eigenvalue weighted by atomic mass is 16.5. The van der Waals surface area contributed by atoms with Crippen LogP contribution in [0.3, 0.4) is 0 Å². The molecular formula is C16H18N2O4. The van der Waals surface area contributed by atoms with Crippen molar-refractivity contribution in [3.8, 4) is 11.5 Å². The number of aryl methyl sites for hydroxylation is 1. The van der Waals surface area contributed by atoms with Gasteiger partial charge in [0.25, 0.3) is 5.91 Å². The lowest BCUT2D eigenvalue weighted by Gasteiger charge is -2.08. The summed E-state index contributed by atoms with van der Waals surface area (Å²) in [7, 11) is 3.05. The Morgan fingerprint density at radius 1 is 1.14 bits per heavy atom. The summed E-state index contributed by atoms with van der Waals surface area (Å²) in [6.07, 6.45) is 0. The fourth-order valence-corrected chi connectivity index (χ4v) is 1.86. The Labute approximate surface area is 128 Å². The molecular weight excluding hydrogens is 284 g/mol. The smallest absolute Gasteiger partial charge is 0.271 e. The van der Waals surface area contributed by atoms with Crippen molar-refractivity contribution in [2.24, 2.45) is 5.10 Å². The van der Waals surface area contributed by atoms with E-state index in [-0.39, 0.29) is 5.91 Å². The predicted molar refractivity (Wildman–Crippen MR) is 82.7 cm³/mol. The maximum Gasteiger partial charge on any atom is 0.271 e. The van der Waals surface area contributed by atoms with Crippen LogP contribution < -0.4 is 14.9 Å². The zero-order valence-electron chi connectivity index (χ0n) is 13.0. The van der Waals surface area contributed by atoms with Crippen LogP contribution in [0.15, 0.2) is 39.9 Å². The van der Waals surface area contributed by atoms with Crippen LogP contribution in [0, 0.1) is 6.92 Å². The Morgan fingerprint density at radius 3 is 2.45 bits per heavy atom. The van der Waals surface area contributed by atoms with Gasteiger partial charge in [0, 0.05) is 5.56 Å². The van der Waals surface area contributed by atoms with E-state index in [1.54, 1.807) is 31.2 Å². The first-order valence-corrected chi connectivity index (χ1v) is 6.68. The number of hydrogen-bond acceptors (Lipinski definition) is 5. The summed E-state index contributed by atoms with van der Waals surface area (Å²) in [4.78, 5) is 12.1. The first-order chi connectivity index (χ1) is 10.5. The second kappa shape index (κ2) is 6.80. The van der Waals surface area contributed by atoms with E-state index in [2.05, 4.69) is 10.5 Å². The molecule has 0 unspecified atom stereocenters. The van der Waals surface area contributed by atoms with Crippen molar-refractivity contribution in [3.05, 3.63) is 47.4 Å². The summed E-state index contributed by atoms with van der Waals surface area (Å²) in [5, 5.41) is 4.03. The number of furan rings is 1. The van der Waals surface area contributed by atoms with Crippen LogP contribution in [0.1, 0.15) is 28.8 Å². The van der Waals surface area contributed by atoms with Crippen LogP contribution in [0.2, 0.25) is 0 Å². The predicted octanol–water partition coefficient (Wildman–Crippen LogP) is 2.76. The lowest BCUT2D eigenvalue weighted by molar-refractivity contribution is 0.0954. The van der Waals surface area contributed by atoms with Gasteiger partial charge >= 0.3 is 0 Å². The molecule has 1 aromatic heterocycles. The average molecular weight is 302 g/mol. The molecule has 1 aromatic carbocycles. The van der Waals surface area contributed by atoms with E-state index in [0.29, 0.717) is 28.5 Å². The van der Waals surface area contributed by atoms with Gasteiger partial charge in [0.1, 0.15) is 17.2 Å². The number of hydrogen-bond donors (Lipinski definition) is 1. The molecule has 0 radical (unpaired) electrons. The van der Waals surface area contributed by atoms with Gasteiger partial charge in [-0.25, -0.2) is 5.43 Å². The monoisotopic (exact) mass is 302 g/mol. The van der Waals surface area contributed by atoms with Crippen LogP contribution in [-0.4, -0.2) is 25.8 Å². The van der Waals surface area contributed by atoms with E-state index in [1.165, 1.54) is 14.2 Å². The number of nitrogens with one attached hydrogen (secondary N) is 1. The van der Waals surface area contributed by atoms with E-state index >= 15 is 0 Å². The Hall–Kier alpha value is -2.76. The maximum atomic E-state index is 12.1. The molecule has 2 aromatic rings. The standard InChI is InChI=1S/C16H18N2O4/c1-10-5-7-13(22-10)11(2)17-18-16(19)12-6-8-14(20-3)15(9-12)21-4/h5-9H,1-4H3,(H,18,19)/b17-11+. The molecule has 0 saturated heterocycles. The van der Waals surface area contributed by atoms with Gasteiger partial charge in [-0.15, -0.1) is 0 Å². The molecule has 0 aliphatic heterocycles. The summed E-state index contributed by atoms with van der Waals surface area (Å²) >= 11 is 0. The van der Waals surface area contributed by atoms with Crippen LogP contribution in [-0.2, 0) is 0 Å². The van der Waals surface area contributed by atoms with Gasteiger partial charge < -0.3 is 13.9 Å². The second-order valence-electron chi connectivity index (χ2n) is 4.62. The summed E-state index contributed by atoms with van der Waals surface area (Å²) in [5.74, 6) is 2.10. The maximum absolute atomic E-state index is 12.1. The Balaban J connectivity index is 2.12. The Bertz CT molecular complexity index is 704. The zero-order chi connectivity index (χ0) is 16.1. The van der Waals surface area contributed by atoms with Crippen molar-refractivity contribution in [1.29, 1.82) is 0 Å². The number of ether oxygens (including phenoxy) is 2. The second-order valence-corrected chi connectivity index (χ2v) is 4.62. The molecule has 0 saturated carbocycles. The normalized spacial score (nSPS) is 11.2. The Morgan fingerprint density at radius 2 is 1.86 bits per heavy atom. The fourth-order valence-electron chi connectivity index (χ4n) is 1.86. The number of benzene rings is 1. The molecule has 0 fully saturated rings. The third-order valence-electron chi connectivity index (χ3n) is 3.07. The van der Waals surface area contributed by atoms with Crippen molar-refractivity contribution in [2.45, 2.75) is 13.8 Å². The molecule has 1 amide bonds. The fraction of sp³-hybridized carbons (Fsp3) is 0.250. The van der Waals surface area contributed by atoms with Crippen molar-refractivity contribution in [2.75, 3.05) is 14.2 Å². The first kappa shape index (κ1) is 15.6. The molecule has 116 valence electrons. The molecule has 1 heterocycles. The Kier molecular flexibility index (Phi) is 4.83. The lowest BCUT2D eigenvalue weighted by Crippen LogP contribution is -2.19. The van der Waals surface area contributed by atoms with Crippen molar-refractivity contribution in [1.82, 2.24) is 5.43 Å². The van der Waals surface area contributed by atoms with Gasteiger partial charge in [0.15, 0.2) is 11.5 Å². The number of methoxy groups -OCH3 is 2. The zero-order valence-corrected chi connectivity index (χ0v) is 13.0. The van der Waals surface area contributed by atoms with E-state index in [1.807, 2.05) is 13.0 Å². The highest BCUT2D eigenvalue weighted by molar-refractivity contribution is 5.99. The van der Waals surface area contributed by atoms with E-state index in [4.69, 9.17) is 13.9 Å². The average Bonchev–Trinajstić information content (AvgIpc) is 2.98. The molecule has 0 aliphatic rings. The highest BCUT2D eigenvalue weighted by Gasteiger charge is 2.11. The SMILES string of the molecule is COc1ccc(C(=O)N/N=C(\C)c2ccc(C)o2)cc1OC. The molecule has 0 atom stereocenters. The molecule has 0 bridgehead atoms. The number of hydrazone groups is 1. The van der Waals surface area contributed by atoms with Gasteiger partial charge in [0.05, 0.1) is 14.2 Å². The lowest BCUT2D eigenvalue weighted by atomic mass is 10.2. The number of nitrogens with zero attached hydrogens (tertiary/aromatic N) is 1. The quantitative estimate of drug-likeness (QED) is 0.681. The minimum atomic E-state index is -0.344. The minimum Gasteiger partial charge on any atom is -0.493 e. The first-order valence-electron chi connectivity index (χ1n) is 6.68. The van der Waals surface area contributed by atoms with E-state index in [0.717, 1.165) is 5.76 Å². The number of amides is 1. The largest absolute Gasteiger partial charge is 0.493 e. The van der Waals surface area contributed by atoms with Gasteiger partial charge in [-0.2, -0.15) is 5.10 Å². The molecule has 0 aliphatic carbocycles. The van der Waals surface area contributed by atoms with Crippen LogP contribution in [0.4, 0.5) is 0 Å². The highest BCUT2D eigenvalue weighted by Crippen LogP contribution is 2.27. The molecule has 0 spiro atoms. The van der Waals surface area contributed by atoms with Gasteiger partial charge in [-0.05, 0) is 44.2 Å². The molecule has 22 heavy (non-hydrogen) atoms. The van der Waals surface area contributed by atoms with Crippen LogP contribution in [0.5, 0.6) is 11.5 Å². The molecule has 6 nitrogen and oxygen atoms in total. The summed E-state index contributed by atoms with van der Waals surface area (Å²) in [6, 6.07) is 8.54. The van der Waals surface area contributed by atoms with Crippen molar-refractivity contribution < 1.29 is 18.7 Å². The molecule has 2 rings (SSSR count). The number of carbonyl (C=O) groups is 1.